The van der Waals surface area contributed by atoms with E-state index in [2.05, 4.69) is 15.1 Å². The standard InChI is InChI=1S/C17H32N4O2/c1-14(22)20-10-12-21(13-11-20)16(15-6-4-5-7-15)17(23)18-8-9-19(2)3/h15-16H,4-13H2,1-3H3,(H,18,23). The van der Waals surface area contributed by atoms with Crippen molar-refractivity contribution in [2.24, 2.45) is 5.92 Å². The lowest BCUT2D eigenvalue weighted by atomic mass is 9.95. The van der Waals surface area contributed by atoms with Gasteiger partial charge in [0.1, 0.15) is 0 Å². The molecular formula is C17H32N4O2. The summed E-state index contributed by atoms with van der Waals surface area (Å²) < 4.78 is 0. The Bertz CT molecular complexity index is 399. The van der Waals surface area contributed by atoms with Gasteiger partial charge in [-0.25, -0.2) is 0 Å². The average molecular weight is 324 g/mol. The van der Waals surface area contributed by atoms with Gasteiger partial charge in [-0.3, -0.25) is 14.5 Å². The van der Waals surface area contributed by atoms with Crippen molar-refractivity contribution in [3.63, 3.8) is 0 Å². The molecule has 2 aliphatic rings. The molecule has 2 rings (SSSR count). The van der Waals surface area contributed by atoms with Gasteiger partial charge in [-0.2, -0.15) is 0 Å². The van der Waals surface area contributed by atoms with Crippen molar-refractivity contribution in [1.29, 1.82) is 0 Å². The number of amides is 2. The minimum Gasteiger partial charge on any atom is -0.353 e. The van der Waals surface area contributed by atoms with E-state index < -0.39 is 0 Å². The Kier molecular flexibility index (Phi) is 6.84. The predicted molar refractivity (Wildman–Crippen MR) is 91.1 cm³/mol. The van der Waals surface area contributed by atoms with E-state index >= 15 is 0 Å². The quantitative estimate of drug-likeness (QED) is 0.768. The lowest BCUT2D eigenvalue weighted by molar-refractivity contribution is -0.133. The summed E-state index contributed by atoms with van der Waals surface area (Å²) in [7, 11) is 4.03. The fourth-order valence-electron chi connectivity index (χ4n) is 3.77. The summed E-state index contributed by atoms with van der Waals surface area (Å²) >= 11 is 0. The van der Waals surface area contributed by atoms with Crippen molar-refractivity contribution >= 4 is 11.8 Å². The zero-order valence-electron chi connectivity index (χ0n) is 14.9. The maximum atomic E-state index is 12.8. The number of carbonyl (C=O) groups excluding carboxylic acids is 2. The number of likely N-dealkylation sites (N-methyl/N-ethyl adjacent to an activating group) is 1. The third-order valence-electron chi connectivity index (χ3n) is 5.13. The lowest BCUT2D eigenvalue weighted by Crippen LogP contribution is -2.58. The summed E-state index contributed by atoms with van der Waals surface area (Å²) in [6, 6.07) is -0.0197. The zero-order chi connectivity index (χ0) is 16.8. The molecule has 1 atom stereocenters. The van der Waals surface area contributed by atoms with Crippen LogP contribution in [0, 0.1) is 5.92 Å². The molecule has 0 aromatic rings. The molecule has 1 heterocycles. The van der Waals surface area contributed by atoms with Gasteiger partial charge in [0.05, 0.1) is 6.04 Å². The van der Waals surface area contributed by atoms with Crippen LogP contribution in [0.4, 0.5) is 0 Å². The highest BCUT2D eigenvalue weighted by Gasteiger charge is 2.36. The number of nitrogens with one attached hydrogen (secondary N) is 1. The first-order valence-corrected chi connectivity index (χ1v) is 8.91. The van der Waals surface area contributed by atoms with Gasteiger partial charge in [-0.05, 0) is 32.9 Å². The molecule has 1 saturated carbocycles. The van der Waals surface area contributed by atoms with Gasteiger partial charge in [0.25, 0.3) is 0 Å². The number of nitrogens with zero attached hydrogens (tertiary/aromatic N) is 3. The summed E-state index contributed by atoms with van der Waals surface area (Å²) in [6.07, 6.45) is 4.77. The molecular weight excluding hydrogens is 292 g/mol. The van der Waals surface area contributed by atoms with Crippen molar-refractivity contribution in [3.05, 3.63) is 0 Å². The van der Waals surface area contributed by atoms with E-state index in [1.165, 1.54) is 12.8 Å². The molecule has 0 aromatic carbocycles. The predicted octanol–water partition coefficient (Wildman–Crippen LogP) is 0.387. The minimum absolute atomic E-state index is 0.0197. The third-order valence-corrected chi connectivity index (χ3v) is 5.13. The van der Waals surface area contributed by atoms with E-state index in [9.17, 15) is 9.59 Å². The molecule has 1 N–H and O–H groups in total. The van der Waals surface area contributed by atoms with Crippen LogP contribution in [0.1, 0.15) is 32.6 Å². The molecule has 6 nitrogen and oxygen atoms in total. The number of piperazine rings is 1. The second kappa shape index (κ2) is 8.64. The molecule has 1 aliphatic heterocycles. The van der Waals surface area contributed by atoms with Crippen LogP contribution in [0.5, 0.6) is 0 Å². The fraction of sp³-hybridized carbons (Fsp3) is 0.882. The molecule has 1 unspecified atom stereocenters. The lowest BCUT2D eigenvalue weighted by Gasteiger charge is -2.40. The van der Waals surface area contributed by atoms with E-state index in [0.717, 1.165) is 45.6 Å². The Labute approximate surface area is 140 Å². The van der Waals surface area contributed by atoms with Crippen LogP contribution in [0.2, 0.25) is 0 Å². The second-order valence-corrected chi connectivity index (χ2v) is 7.13. The Hall–Kier alpha value is -1.14. The first-order valence-electron chi connectivity index (χ1n) is 8.91. The molecule has 2 amide bonds. The SMILES string of the molecule is CC(=O)N1CCN(C(C(=O)NCCN(C)C)C2CCCC2)CC1. The molecule has 6 heteroatoms. The van der Waals surface area contributed by atoms with Crippen LogP contribution in [0.3, 0.4) is 0 Å². The number of rotatable bonds is 6. The Morgan fingerprint density at radius 1 is 1.13 bits per heavy atom. The Morgan fingerprint density at radius 2 is 1.74 bits per heavy atom. The van der Waals surface area contributed by atoms with E-state index in [4.69, 9.17) is 0 Å². The van der Waals surface area contributed by atoms with Crippen LogP contribution in [-0.4, -0.2) is 85.9 Å². The number of hydrogen-bond acceptors (Lipinski definition) is 4. The van der Waals surface area contributed by atoms with Crippen LogP contribution in [-0.2, 0) is 9.59 Å². The van der Waals surface area contributed by atoms with Crippen molar-refractivity contribution in [3.8, 4) is 0 Å². The van der Waals surface area contributed by atoms with E-state index in [-0.39, 0.29) is 17.9 Å². The fourth-order valence-corrected chi connectivity index (χ4v) is 3.77. The van der Waals surface area contributed by atoms with Crippen molar-refractivity contribution in [2.45, 2.75) is 38.6 Å². The molecule has 1 saturated heterocycles. The van der Waals surface area contributed by atoms with Crippen molar-refractivity contribution in [2.75, 3.05) is 53.4 Å². The normalized spacial score (nSPS) is 21.7. The Balaban J connectivity index is 1.94. The second-order valence-electron chi connectivity index (χ2n) is 7.13. The average Bonchev–Trinajstić information content (AvgIpc) is 3.01. The maximum absolute atomic E-state index is 12.8. The molecule has 0 aromatic heterocycles. The third kappa shape index (κ3) is 5.18. The number of carbonyl (C=O) groups is 2. The largest absolute Gasteiger partial charge is 0.353 e. The van der Waals surface area contributed by atoms with Gasteiger partial charge >= 0.3 is 0 Å². The molecule has 0 bridgehead atoms. The summed E-state index contributed by atoms with van der Waals surface area (Å²) in [6.45, 7) is 6.28. The zero-order valence-corrected chi connectivity index (χ0v) is 14.9. The highest BCUT2D eigenvalue weighted by molar-refractivity contribution is 5.82. The van der Waals surface area contributed by atoms with Gasteiger partial charge < -0.3 is 15.1 Å². The van der Waals surface area contributed by atoms with Gasteiger partial charge in [-0.1, -0.05) is 12.8 Å². The van der Waals surface area contributed by atoms with Crippen molar-refractivity contribution < 1.29 is 9.59 Å². The topological polar surface area (TPSA) is 55.9 Å². The summed E-state index contributed by atoms with van der Waals surface area (Å²) in [5.74, 6) is 0.783. The first kappa shape index (κ1) is 18.2. The summed E-state index contributed by atoms with van der Waals surface area (Å²) in [4.78, 5) is 30.5. The number of hydrogen-bond donors (Lipinski definition) is 1. The van der Waals surface area contributed by atoms with E-state index in [1.54, 1.807) is 6.92 Å². The summed E-state index contributed by atoms with van der Waals surface area (Å²) in [5.41, 5.74) is 0. The van der Waals surface area contributed by atoms with Gasteiger partial charge in [0, 0.05) is 46.2 Å². The van der Waals surface area contributed by atoms with Crippen LogP contribution >= 0.6 is 0 Å². The van der Waals surface area contributed by atoms with E-state index in [0.29, 0.717) is 12.5 Å². The van der Waals surface area contributed by atoms with Gasteiger partial charge in [-0.15, -0.1) is 0 Å². The van der Waals surface area contributed by atoms with Gasteiger partial charge in [0.15, 0.2) is 0 Å². The minimum atomic E-state index is -0.0197. The highest BCUT2D eigenvalue weighted by atomic mass is 16.2. The highest BCUT2D eigenvalue weighted by Crippen LogP contribution is 2.31. The van der Waals surface area contributed by atoms with Crippen LogP contribution < -0.4 is 5.32 Å². The Morgan fingerprint density at radius 3 is 2.26 bits per heavy atom. The molecule has 0 radical (unpaired) electrons. The van der Waals surface area contributed by atoms with Crippen LogP contribution in [0.25, 0.3) is 0 Å². The smallest absolute Gasteiger partial charge is 0.237 e. The monoisotopic (exact) mass is 324 g/mol. The molecule has 0 spiro atoms. The molecule has 2 fully saturated rings. The molecule has 132 valence electrons. The van der Waals surface area contributed by atoms with E-state index in [1.807, 2.05) is 19.0 Å². The van der Waals surface area contributed by atoms with Crippen molar-refractivity contribution in [1.82, 2.24) is 20.0 Å². The molecule has 23 heavy (non-hydrogen) atoms. The molecule has 1 aliphatic carbocycles. The summed E-state index contributed by atoms with van der Waals surface area (Å²) in [5, 5.41) is 3.12. The first-order chi connectivity index (χ1) is 11.0. The maximum Gasteiger partial charge on any atom is 0.237 e. The van der Waals surface area contributed by atoms with Gasteiger partial charge in [0.2, 0.25) is 11.8 Å². The van der Waals surface area contributed by atoms with Crippen LogP contribution in [0.15, 0.2) is 0 Å².